The minimum absolute atomic E-state index is 0.201. The number of nitrogens with one attached hydrogen (secondary N) is 2. The molecule has 0 radical (unpaired) electrons. The SMILES string of the molecule is COc1ccc(C(=O)Oc2ccc3ccccc3c2/C=N\NC(=O)CNC(=O)c2cc(OC)c(OC)c(OC)c2)cc1OC. The van der Waals surface area contributed by atoms with Crippen LogP contribution in [-0.2, 0) is 4.79 Å². The fourth-order valence-electron chi connectivity index (χ4n) is 4.30. The van der Waals surface area contributed by atoms with Gasteiger partial charge in [0.2, 0.25) is 5.75 Å². The molecule has 0 unspecified atom stereocenters. The third-order valence-electron chi connectivity index (χ3n) is 6.47. The van der Waals surface area contributed by atoms with Gasteiger partial charge in [0.05, 0.1) is 53.9 Å². The number of carbonyl (C=O) groups is 3. The predicted octanol–water partition coefficient (Wildman–Crippen LogP) is 3.98. The number of methoxy groups -OCH3 is 5. The van der Waals surface area contributed by atoms with E-state index in [9.17, 15) is 14.4 Å². The molecule has 0 bridgehead atoms. The van der Waals surface area contributed by atoms with Crippen molar-refractivity contribution in [1.29, 1.82) is 0 Å². The predicted molar refractivity (Wildman–Crippen MR) is 163 cm³/mol. The Morgan fingerprint density at radius 3 is 2.00 bits per heavy atom. The van der Waals surface area contributed by atoms with Gasteiger partial charge in [-0.3, -0.25) is 9.59 Å². The van der Waals surface area contributed by atoms with Crippen LogP contribution in [0.5, 0.6) is 34.5 Å². The molecule has 4 rings (SSSR count). The van der Waals surface area contributed by atoms with E-state index in [0.717, 1.165) is 10.8 Å². The fraction of sp³-hybridized carbons (Fsp3) is 0.188. The van der Waals surface area contributed by atoms with E-state index < -0.39 is 17.8 Å². The first kappa shape index (κ1) is 31.2. The largest absolute Gasteiger partial charge is 0.493 e. The lowest BCUT2D eigenvalue weighted by molar-refractivity contribution is -0.120. The number of hydrogen-bond donors (Lipinski definition) is 2. The Bertz CT molecular complexity index is 1690. The minimum atomic E-state index is -0.630. The summed E-state index contributed by atoms with van der Waals surface area (Å²) in [6.07, 6.45) is 1.37. The summed E-state index contributed by atoms with van der Waals surface area (Å²) in [7, 11) is 7.29. The molecule has 0 aliphatic heterocycles. The van der Waals surface area contributed by atoms with E-state index in [0.29, 0.717) is 34.3 Å². The average Bonchev–Trinajstić information content (AvgIpc) is 3.06. The maximum absolute atomic E-state index is 13.0. The summed E-state index contributed by atoms with van der Waals surface area (Å²) in [5.74, 6) is 0.230. The minimum Gasteiger partial charge on any atom is -0.493 e. The highest BCUT2D eigenvalue weighted by Gasteiger charge is 2.18. The van der Waals surface area contributed by atoms with Crippen molar-refractivity contribution in [2.45, 2.75) is 0 Å². The number of ether oxygens (including phenoxy) is 6. The average molecular weight is 602 g/mol. The van der Waals surface area contributed by atoms with E-state index in [1.54, 1.807) is 24.3 Å². The molecule has 228 valence electrons. The van der Waals surface area contributed by atoms with Crippen molar-refractivity contribution in [2.24, 2.45) is 5.10 Å². The second-order valence-corrected chi connectivity index (χ2v) is 9.05. The molecule has 0 atom stereocenters. The van der Waals surface area contributed by atoms with Gasteiger partial charge in [-0.05, 0) is 47.2 Å². The first-order valence-electron chi connectivity index (χ1n) is 13.2. The standard InChI is InChI=1S/C32H31N3O9/c1-39-25-13-11-20(14-26(25)40-2)32(38)44-24-12-10-19-8-6-7-9-22(19)23(24)17-34-35-29(36)18-33-31(37)21-15-27(41-3)30(43-5)28(16-21)42-4/h6-17H,18H2,1-5H3,(H,33,37)(H,35,36)/b34-17-. The summed E-state index contributed by atoms with van der Waals surface area (Å²) < 4.78 is 32.1. The summed E-state index contributed by atoms with van der Waals surface area (Å²) in [5.41, 5.74) is 3.29. The summed E-state index contributed by atoms with van der Waals surface area (Å²) in [5, 5.41) is 8.17. The lowest BCUT2D eigenvalue weighted by Gasteiger charge is -2.14. The molecule has 0 saturated carbocycles. The summed E-state index contributed by atoms with van der Waals surface area (Å²) in [4.78, 5) is 38.3. The maximum atomic E-state index is 13.0. The van der Waals surface area contributed by atoms with Gasteiger partial charge in [0, 0.05) is 11.1 Å². The molecule has 0 aromatic heterocycles. The van der Waals surface area contributed by atoms with Crippen molar-refractivity contribution in [2.75, 3.05) is 42.1 Å². The normalized spacial score (nSPS) is 10.7. The number of hydrazone groups is 1. The second-order valence-electron chi connectivity index (χ2n) is 9.05. The third kappa shape index (κ3) is 6.98. The van der Waals surface area contributed by atoms with Crippen molar-refractivity contribution < 1.29 is 42.8 Å². The van der Waals surface area contributed by atoms with Gasteiger partial charge in [-0.1, -0.05) is 30.3 Å². The lowest BCUT2D eigenvalue weighted by atomic mass is 10.0. The Morgan fingerprint density at radius 2 is 1.34 bits per heavy atom. The summed E-state index contributed by atoms with van der Waals surface area (Å²) in [6.45, 7) is -0.372. The number of rotatable bonds is 12. The zero-order valence-electron chi connectivity index (χ0n) is 24.8. The van der Waals surface area contributed by atoms with Gasteiger partial charge >= 0.3 is 5.97 Å². The molecule has 2 amide bonds. The first-order chi connectivity index (χ1) is 21.3. The van der Waals surface area contributed by atoms with Crippen LogP contribution in [0.1, 0.15) is 26.3 Å². The number of carbonyl (C=O) groups excluding carboxylic acids is 3. The Hall–Kier alpha value is -5.78. The van der Waals surface area contributed by atoms with Crippen LogP contribution >= 0.6 is 0 Å². The second kappa shape index (κ2) is 14.4. The molecule has 2 N–H and O–H groups in total. The van der Waals surface area contributed by atoms with Gasteiger partial charge in [-0.15, -0.1) is 0 Å². The number of esters is 1. The molecule has 12 heteroatoms. The van der Waals surface area contributed by atoms with Gasteiger partial charge < -0.3 is 33.7 Å². The van der Waals surface area contributed by atoms with E-state index in [1.165, 1.54) is 60.0 Å². The van der Waals surface area contributed by atoms with Crippen molar-refractivity contribution in [3.05, 3.63) is 83.4 Å². The van der Waals surface area contributed by atoms with Crippen molar-refractivity contribution in [1.82, 2.24) is 10.7 Å². The lowest BCUT2D eigenvalue weighted by Crippen LogP contribution is -2.35. The van der Waals surface area contributed by atoms with Gasteiger partial charge in [-0.25, -0.2) is 10.2 Å². The van der Waals surface area contributed by atoms with E-state index >= 15 is 0 Å². The fourth-order valence-corrected chi connectivity index (χ4v) is 4.30. The highest BCUT2D eigenvalue weighted by Crippen LogP contribution is 2.38. The van der Waals surface area contributed by atoms with Crippen molar-refractivity contribution in [3.63, 3.8) is 0 Å². The maximum Gasteiger partial charge on any atom is 0.343 e. The molecule has 4 aromatic rings. The van der Waals surface area contributed by atoms with Crippen LogP contribution in [0.2, 0.25) is 0 Å². The van der Waals surface area contributed by atoms with E-state index in [1.807, 2.05) is 24.3 Å². The van der Waals surface area contributed by atoms with Crippen LogP contribution in [-0.4, -0.2) is 66.1 Å². The van der Waals surface area contributed by atoms with Gasteiger partial charge in [0.15, 0.2) is 23.0 Å². The van der Waals surface area contributed by atoms with Crippen LogP contribution in [0.4, 0.5) is 0 Å². The molecular weight excluding hydrogens is 570 g/mol. The molecule has 4 aromatic carbocycles. The highest BCUT2D eigenvalue weighted by atomic mass is 16.5. The number of fused-ring (bicyclic) bond motifs is 1. The molecule has 0 fully saturated rings. The molecule has 0 spiro atoms. The number of nitrogens with zero attached hydrogens (tertiary/aromatic N) is 1. The van der Waals surface area contributed by atoms with Gasteiger partial charge in [0.1, 0.15) is 5.75 Å². The molecule has 44 heavy (non-hydrogen) atoms. The van der Waals surface area contributed by atoms with Crippen LogP contribution in [0.25, 0.3) is 10.8 Å². The van der Waals surface area contributed by atoms with E-state index in [2.05, 4.69) is 15.8 Å². The molecular formula is C32H31N3O9. The van der Waals surface area contributed by atoms with Gasteiger partial charge in [0.25, 0.3) is 11.8 Å². The molecule has 0 heterocycles. The summed E-state index contributed by atoms with van der Waals surface area (Å²) >= 11 is 0. The number of benzene rings is 4. The van der Waals surface area contributed by atoms with Crippen LogP contribution in [0.15, 0.2) is 71.8 Å². The zero-order chi connectivity index (χ0) is 31.6. The topological polar surface area (TPSA) is 143 Å². The van der Waals surface area contributed by atoms with Crippen LogP contribution in [0, 0.1) is 0 Å². The van der Waals surface area contributed by atoms with Crippen LogP contribution in [0.3, 0.4) is 0 Å². The Morgan fingerprint density at radius 1 is 0.705 bits per heavy atom. The van der Waals surface area contributed by atoms with Crippen LogP contribution < -0.4 is 39.2 Å². The van der Waals surface area contributed by atoms with Gasteiger partial charge in [-0.2, -0.15) is 5.10 Å². The Kier molecular flexibility index (Phi) is 10.2. The summed E-state index contributed by atoms with van der Waals surface area (Å²) in [6, 6.07) is 18.5. The smallest absolute Gasteiger partial charge is 0.343 e. The van der Waals surface area contributed by atoms with Crippen molar-refractivity contribution >= 4 is 34.8 Å². The number of amides is 2. The molecule has 0 aliphatic rings. The zero-order valence-corrected chi connectivity index (χ0v) is 24.8. The third-order valence-corrected chi connectivity index (χ3v) is 6.47. The first-order valence-corrected chi connectivity index (χ1v) is 13.2. The monoisotopic (exact) mass is 601 g/mol. The highest BCUT2D eigenvalue weighted by molar-refractivity contribution is 6.04. The molecule has 12 nitrogen and oxygen atoms in total. The number of hydrogen-bond acceptors (Lipinski definition) is 10. The Labute approximate surface area is 253 Å². The Balaban J connectivity index is 1.48. The van der Waals surface area contributed by atoms with E-state index in [4.69, 9.17) is 28.4 Å². The molecule has 0 aliphatic carbocycles. The quantitative estimate of drug-likeness (QED) is 0.107. The van der Waals surface area contributed by atoms with E-state index in [-0.39, 0.29) is 23.4 Å². The molecule has 0 saturated heterocycles. The van der Waals surface area contributed by atoms with Crippen molar-refractivity contribution in [3.8, 4) is 34.5 Å².